The smallest absolute Gasteiger partial charge is 0.333 e. The standard InChI is InChI=1S/C23H23N3O10/c1-12(27)32-11-18-20(33-13(2)28)21(34-14(3)29)22(35-18)25-9-8-19(30)26(23(25)31)10-16-15-6-4-5-7-17(15)36-24-16/h4-9,18,20-22H,10-11H2,1-3H3/t18-,20?,21?,22-/m1/s1. The number of benzene rings is 1. The summed E-state index contributed by atoms with van der Waals surface area (Å²) in [5, 5.41) is 4.59. The normalized spacial score (nSPS) is 21.3. The molecule has 4 atom stereocenters. The second-order valence-corrected chi connectivity index (χ2v) is 8.07. The van der Waals surface area contributed by atoms with Gasteiger partial charge in [-0.3, -0.25) is 28.3 Å². The van der Waals surface area contributed by atoms with E-state index in [1.54, 1.807) is 24.3 Å². The first kappa shape index (κ1) is 24.9. The molecule has 1 saturated heterocycles. The lowest BCUT2D eigenvalue weighted by atomic mass is 10.1. The monoisotopic (exact) mass is 501 g/mol. The summed E-state index contributed by atoms with van der Waals surface area (Å²) in [6.07, 6.45) is -3.64. The minimum Gasteiger partial charge on any atom is -0.463 e. The molecular weight excluding hydrogens is 478 g/mol. The Morgan fingerprint density at radius 3 is 2.36 bits per heavy atom. The molecular formula is C23H23N3O10. The fourth-order valence-electron chi connectivity index (χ4n) is 3.99. The van der Waals surface area contributed by atoms with Crippen LogP contribution in [0.15, 0.2) is 50.6 Å². The van der Waals surface area contributed by atoms with E-state index < -0.39 is 53.7 Å². The average Bonchev–Trinajstić information content (AvgIpc) is 3.36. The molecule has 3 aromatic rings. The van der Waals surface area contributed by atoms with Crippen molar-refractivity contribution >= 4 is 28.9 Å². The number of rotatable bonds is 7. The van der Waals surface area contributed by atoms with Crippen LogP contribution in [0.5, 0.6) is 0 Å². The maximum Gasteiger partial charge on any atom is 0.333 e. The lowest BCUT2D eigenvalue weighted by Gasteiger charge is -2.24. The van der Waals surface area contributed by atoms with Crippen LogP contribution in [0.25, 0.3) is 11.0 Å². The molecule has 0 aliphatic carbocycles. The van der Waals surface area contributed by atoms with Crippen molar-refractivity contribution in [3.63, 3.8) is 0 Å². The Balaban J connectivity index is 1.74. The summed E-state index contributed by atoms with van der Waals surface area (Å²) in [5.41, 5.74) is -0.565. The van der Waals surface area contributed by atoms with Crippen LogP contribution in [0.2, 0.25) is 0 Å². The van der Waals surface area contributed by atoms with E-state index in [1.807, 2.05) is 0 Å². The predicted molar refractivity (Wildman–Crippen MR) is 120 cm³/mol. The largest absolute Gasteiger partial charge is 0.463 e. The molecule has 0 radical (unpaired) electrons. The molecule has 13 nitrogen and oxygen atoms in total. The number of hydrogen-bond donors (Lipinski definition) is 0. The van der Waals surface area contributed by atoms with Gasteiger partial charge in [0.2, 0.25) is 0 Å². The second kappa shape index (κ2) is 10.2. The van der Waals surface area contributed by atoms with Crippen LogP contribution in [0.3, 0.4) is 0 Å². The van der Waals surface area contributed by atoms with Crippen molar-refractivity contribution in [1.29, 1.82) is 0 Å². The molecule has 1 fully saturated rings. The molecule has 3 heterocycles. The molecule has 2 aromatic heterocycles. The highest BCUT2D eigenvalue weighted by molar-refractivity contribution is 5.79. The lowest BCUT2D eigenvalue weighted by molar-refractivity contribution is -0.166. The maximum absolute atomic E-state index is 13.4. The first-order valence-electron chi connectivity index (χ1n) is 10.9. The summed E-state index contributed by atoms with van der Waals surface area (Å²) in [6.45, 7) is 2.94. The van der Waals surface area contributed by atoms with Crippen LogP contribution >= 0.6 is 0 Å². The third-order valence-corrected chi connectivity index (χ3v) is 5.47. The van der Waals surface area contributed by atoms with Gasteiger partial charge in [0, 0.05) is 38.4 Å². The Labute approximate surface area is 203 Å². The molecule has 0 N–H and O–H groups in total. The van der Waals surface area contributed by atoms with Crippen molar-refractivity contribution in [2.75, 3.05) is 6.61 Å². The lowest BCUT2D eigenvalue weighted by Crippen LogP contribution is -2.45. The number of hydrogen-bond acceptors (Lipinski definition) is 11. The first-order valence-corrected chi connectivity index (χ1v) is 10.9. The summed E-state index contributed by atoms with van der Waals surface area (Å²) >= 11 is 0. The number of carbonyl (C=O) groups excluding carboxylic acids is 3. The van der Waals surface area contributed by atoms with Crippen LogP contribution in [0, 0.1) is 0 Å². The van der Waals surface area contributed by atoms with Gasteiger partial charge in [0.15, 0.2) is 24.0 Å². The third kappa shape index (κ3) is 5.05. The molecule has 1 aliphatic rings. The topological polar surface area (TPSA) is 158 Å². The number of ether oxygens (including phenoxy) is 4. The van der Waals surface area contributed by atoms with Gasteiger partial charge in [0.25, 0.3) is 5.56 Å². The van der Waals surface area contributed by atoms with E-state index in [0.29, 0.717) is 16.7 Å². The molecule has 0 saturated carbocycles. The molecule has 1 aliphatic heterocycles. The summed E-state index contributed by atoms with van der Waals surface area (Å²) in [4.78, 5) is 61.0. The zero-order valence-corrected chi connectivity index (χ0v) is 19.6. The van der Waals surface area contributed by atoms with E-state index in [2.05, 4.69) is 5.16 Å². The molecule has 13 heteroatoms. The number of aromatic nitrogens is 3. The summed E-state index contributed by atoms with van der Waals surface area (Å²) < 4.78 is 28.8. The van der Waals surface area contributed by atoms with Crippen LogP contribution in [0.4, 0.5) is 0 Å². The van der Waals surface area contributed by atoms with Gasteiger partial charge >= 0.3 is 23.6 Å². The Kier molecular flexibility index (Phi) is 7.01. The predicted octanol–water partition coefficient (Wildman–Crippen LogP) is 0.523. The fourth-order valence-corrected chi connectivity index (χ4v) is 3.99. The van der Waals surface area contributed by atoms with Gasteiger partial charge in [-0.2, -0.15) is 0 Å². The van der Waals surface area contributed by atoms with E-state index in [0.717, 1.165) is 29.0 Å². The first-order chi connectivity index (χ1) is 17.2. The summed E-state index contributed by atoms with van der Waals surface area (Å²) in [7, 11) is 0. The van der Waals surface area contributed by atoms with Gasteiger partial charge in [-0.25, -0.2) is 4.79 Å². The number of para-hydroxylation sites is 1. The zero-order valence-electron chi connectivity index (χ0n) is 19.6. The minimum absolute atomic E-state index is 0.204. The van der Waals surface area contributed by atoms with Crippen molar-refractivity contribution in [2.45, 2.75) is 51.9 Å². The van der Waals surface area contributed by atoms with Gasteiger partial charge in [0.1, 0.15) is 18.4 Å². The Morgan fingerprint density at radius 2 is 1.67 bits per heavy atom. The van der Waals surface area contributed by atoms with Crippen LogP contribution in [0.1, 0.15) is 32.7 Å². The van der Waals surface area contributed by atoms with Gasteiger partial charge < -0.3 is 23.5 Å². The fraction of sp³-hybridized carbons (Fsp3) is 0.391. The molecule has 4 rings (SSSR count). The number of carbonyl (C=O) groups is 3. The van der Waals surface area contributed by atoms with E-state index >= 15 is 0 Å². The minimum atomic E-state index is -1.30. The third-order valence-electron chi connectivity index (χ3n) is 5.47. The van der Waals surface area contributed by atoms with E-state index in [9.17, 15) is 24.0 Å². The highest BCUT2D eigenvalue weighted by atomic mass is 16.7. The second-order valence-electron chi connectivity index (χ2n) is 8.07. The molecule has 0 bridgehead atoms. The Hall–Kier alpha value is -4.26. The van der Waals surface area contributed by atoms with Gasteiger partial charge in [-0.15, -0.1) is 0 Å². The van der Waals surface area contributed by atoms with Gasteiger partial charge in [0.05, 0.1) is 6.54 Å². The molecule has 0 spiro atoms. The van der Waals surface area contributed by atoms with Gasteiger partial charge in [-0.05, 0) is 12.1 Å². The highest BCUT2D eigenvalue weighted by Gasteiger charge is 2.51. The van der Waals surface area contributed by atoms with E-state index in [-0.39, 0.29) is 13.2 Å². The van der Waals surface area contributed by atoms with Crippen LogP contribution in [-0.2, 0) is 39.9 Å². The average molecular weight is 501 g/mol. The summed E-state index contributed by atoms with van der Waals surface area (Å²) in [6, 6.07) is 8.11. The van der Waals surface area contributed by atoms with E-state index in [1.165, 1.54) is 13.1 Å². The van der Waals surface area contributed by atoms with Crippen molar-refractivity contribution in [1.82, 2.24) is 14.3 Å². The number of fused-ring (bicyclic) bond motifs is 1. The maximum atomic E-state index is 13.4. The van der Waals surface area contributed by atoms with Crippen LogP contribution in [-0.4, -0.2) is 57.1 Å². The van der Waals surface area contributed by atoms with Crippen LogP contribution < -0.4 is 11.2 Å². The van der Waals surface area contributed by atoms with Crippen molar-refractivity contribution < 1.29 is 37.9 Å². The molecule has 2 unspecified atom stereocenters. The highest BCUT2D eigenvalue weighted by Crippen LogP contribution is 2.33. The quantitative estimate of drug-likeness (QED) is 0.328. The van der Waals surface area contributed by atoms with Crippen molar-refractivity contribution in [3.8, 4) is 0 Å². The molecule has 0 amide bonds. The Bertz CT molecular complexity index is 1420. The van der Waals surface area contributed by atoms with E-state index in [4.69, 9.17) is 23.5 Å². The van der Waals surface area contributed by atoms with Crippen molar-refractivity contribution in [3.05, 3.63) is 63.1 Å². The SMILES string of the molecule is CC(=O)OC[C@H]1O[C@@H](n2ccc(=O)n(Cc3noc4ccccc34)c2=O)C(OC(C)=O)C1OC(C)=O. The molecule has 36 heavy (non-hydrogen) atoms. The molecule has 190 valence electrons. The van der Waals surface area contributed by atoms with Gasteiger partial charge in [-0.1, -0.05) is 17.3 Å². The zero-order chi connectivity index (χ0) is 26.0. The summed E-state index contributed by atoms with van der Waals surface area (Å²) in [5.74, 6) is -2.04. The Morgan fingerprint density at radius 1 is 0.972 bits per heavy atom. The molecule has 1 aromatic carbocycles. The number of esters is 3. The number of nitrogens with zero attached hydrogens (tertiary/aromatic N) is 3. The van der Waals surface area contributed by atoms with Crippen molar-refractivity contribution in [2.24, 2.45) is 0 Å².